The van der Waals surface area contributed by atoms with Gasteiger partial charge in [-0.05, 0) is 59.7 Å². The van der Waals surface area contributed by atoms with Crippen LogP contribution >= 0.6 is 0 Å². The second kappa shape index (κ2) is 7.59. The first-order chi connectivity index (χ1) is 14.1. The number of benzene rings is 2. The Hall–Kier alpha value is -3.94. The van der Waals surface area contributed by atoms with Crippen LogP contribution < -0.4 is 10.1 Å². The molecule has 0 aliphatic carbocycles. The van der Waals surface area contributed by atoms with Crippen LogP contribution in [0.25, 0.3) is 22.2 Å². The third kappa shape index (κ3) is 3.60. The van der Waals surface area contributed by atoms with E-state index in [2.05, 4.69) is 22.2 Å². The fourth-order valence-electron chi connectivity index (χ4n) is 2.90. The van der Waals surface area contributed by atoms with Gasteiger partial charge in [0.25, 0.3) is 5.91 Å². The summed E-state index contributed by atoms with van der Waals surface area (Å²) in [6.45, 7) is 5.68. The molecule has 0 atom stereocenters. The summed E-state index contributed by atoms with van der Waals surface area (Å²) in [5, 5.41) is 10.8. The van der Waals surface area contributed by atoms with Crippen molar-refractivity contribution in [3.8, 4) is 17.0 Å². The van der Waals surface area contributed by atoms with E-state index in [0.29, 0.717) is 40.1 Å². The molecular formula is C21H16FN3O4. The average molecular weight is 393 g/mol. The molecule has 0 aliphatic rings. The summed E-state index contributed by atoms with van der Waals surface area (Å²) >= 11 is 0. The van der Waals surface area contributed by atoms with Gasteiger partial charge in [-0.15, -0.1) is 0 Å². The van der Waals surface area contributed by atoms with Gasteiger partial charge in [-0.1, -0.05) is 12.7 Å². The van der Waals surface area contributed by atoms with Crippen LogP contribution in [0.4, 0.5) is 10.2 Å². The Kier molecular flexibility index (Phi) is 4.82. The Balaban J connectivity index is 1.58. The minimum Gasteiger partial charge on any atom is -0.490 e. The van der Waals surface area contributed by atoms with Gasteiger partial charge >= 0.3 is 0 Å². The first kappa shape index (κ1) is 18.4. The van der Waals surface area contributed by atoms with Crippen LogP contribution in [0.2, 0.25) is 0 Å². The van der Waals surface area contributed by atoms with Crippen molar-refractivity contribution in [2.75, 3.05) is 11.9 Å². The molecule has 0 radical (unpaired) electrons. The number of aryl methyl sites for hydroxylation is 1. The maximum absolute atomic E-state index is 13.5. The predicted octanol–water partition coefficient (Wildman–Crippen LogP) is 4.75. The lowest BCUT2D eigenvalue weighted by Gasteiger charge is -2.05. The molecule has 2 heterocycles. The van der Waals surface area contributed by atoms with Gasteiger partial charge in [-0.2, -0.15) is 0 Å². The Morgan fingerprint density at radius 2 is 2.03 bits per heavy atom. The number of furan rings is 1. The quantitative estimate of drug-likeness (QED) is 0.476. The number of hydrogen-bond donors (Lipinski definition) is 1. The summed E-state index contributed by atoms with van der Waals surface area (Å²) in [7, 11) is 0. The predicted molar refractivity (Wildman–Crippen MR) is 104 cm³/mol. The van der Waals surface area contributed by atoms with Gasteiger partial charge in [0.1, 0.15) is 23.8 Å². The Bertz CT molecular complexity index is 1190. The third-order valence-electron chi connectivity index (χ3n) is 4.32. The van der Waals surface area contributed by atoms with Crippen LogP contribution in [0.1, 0.15) is 16.1 Å². The molecule has 29 heavy (non-hydrogen) atoms. The summed E-state index contributed by atoms with van der Waals surface area (Å²) in [4.78, 5) is 12.7. The zero-order valence-electron chi connectivity index (χ0n) is 15.4. The van der Waals surface area contributed by atoms with Crippen LogP contribution in [0.3, 0.4) is 0 Å². The zero-order valence-corrected chi connectivity index (χ0v) is 15.4. The standard InChI is InChI=1S/C21H16FN3O4/c1-3-10-27-15-7-4-13(5-8-15)18-20(25-29-24-18)23-21(26)19-12(2)16-11-14(22)6-9-17(16)28-19/h3-9,11H,1,10H2,2H3,(H,23,25,26). The van der Waals surface area contributed by atoms with Crippen molar-refractivity contribution in [1.29, 1.82) is 0 Å². The molecular weight excluding hydrogens is 377 g/mol. The highest BCUT2D eigenvalue weighted by atomic mass is 19.1. The highest BCUT2D eigenvalue weighted by molar-refractivity contribution is 6.07. The molecule has 0 fully saturated rings. The number of amides is 1. The number of rotatable bonds is 6. The second-order valence-corrected chi connectivity index (χ2v) is 6.24. The molecule has 2 aromatic heterocycles. The molecule has 146 valence electrons. The van der Waals surface area contributed by atoms with Crippen molar-refractivity contribution < 1.29 is 23.0 Å². The van der Waals surface area contributed by atoms with Gasteiger partial charge in [-0.25, -0.2) is 9.02 Å². The zero-order chi connectivity index (χ0) is 20.4. The number of fused-ring (bicyclic) bond motifs is 1. The van der Waals surface area contributed by atoms with E-state index in [9.17, 15) is 9.18 Å². The summed E-state index contributed by atoms with van der Waals surface area (Å²) in [6.07, 6.45) is 1.65. The fraction of sp³-hybridized carbons (Fsp3) is 0.0952. The monoisotopic (exact) mass is 393 g/mol. The van der Waals surface area contributed by atoms with E-state index >= 15 is 0 Å². The number of nitrogens with zero attached hydrogens (tertiary/aromatic N) is 2. The van der Waals surface area contributed by atoms with Crippen LogP contribution in [0.15, 0.2) is 64.2 Å². The minimum atomic E-state index is -0.540. The first-order valence-corrected chi connectivity index (χ1v) is 8.73. The van der Waals surface area contributed by atoms with Gasteiger partial charge in [0, 0.05) is 16.5 Å². The van der Waals surface area contributed by atoms with E-state index in [1.807, 2.05) is 0 Å². The van der Waals surface area contributed by atoms with Gasteiger partial charge in [-0.3, -0.25) is 10.1 Å². The topological polar surface area (TPSA) is 90.4 Å². The third-order valence-corrected chi connectivity index (χ3v) is 4.32. The van der Waals surface area contributed by atoms with E-state index in [4.69, 9.17) is 13.8 Å². The first-order valence-electron chi connectivity index (χ1n) is 8.73. The molecule has 0 saturated carbocycles. The van der Waals surface area contributed by atoms with Gasteiger partial charge in [0.15, 0.2) is 11.5 Å². The summed E-state index contributed by atoms with van der Waals surface area (Å²) in [5.74, 6) is -0.0757. The smallest absolute Gasteiger partial charge is 0.292 e. The van der Waals surface area contributed by atoms with Crippen LogP contribution in [0.5, 0.6) is 5.75 Å². The van der Waals surface area contributed by atoms with Gasteiger partial charge in [0.05, 0.1) is 0 Å². The molecule has 8 heteroatoms. The Labute approximate surface area is 164 Å². The highest BCUT2D eigenvalue weighted by Crippen LogP contribution is 2.29. The average Bonchev–Trinajstić information content (AvgIpc) is 3.31. The lowest BCUT2D eigenvalue weighted by Crippen LogP contribution is -2.13. The van der Waals surface area contributed by atoms with Crippen molar-refractivity contribution in [3.05, 3.63) is 72.3 Å². The molecule has 2 aromatic carbocycles. The summed E-state index contributed by atoms with van der Waals surface area (Å²) in [6, 6.07) is 11.1. The van der Waals surface area contributed by atoms with E-state index in [1.54, 1.807) is 37.3 Å². The molecule has 1 amide bonds. The molecule has 0 saturated heterocycles. The van der Waals surface area contributed by atoms with E-state index in [-0.39, 0.29) is 11.6 Å². The fourth-order valence-corrected chi connectivity index (χ4v) is 2.90. The number of carbonyl (C=O) groups is 1. The van der Waals surface area contributed by atoms with Crippen molar-refractivity contribution in [3.63, 3.8) is 0 Å². The van der Waals surface area contributed by atoms with Gasteiger partial charge < -0.3 is 9.15 Å². The van der Waals surface area contributed by atoms with Crippen molar-refractivity contribution in [1.82, 2.24) is 10.3 Å². The highest BCUT2D eigenvalue weighted by Gasteiger charge is 2.22. The molecule has 0 bridgehead atoms. The van der Waals surface area contributed by atoms with Crippen molar-refractivity contribution >= 4 is 22.7 Å². The molecule has 4 aromatic rings. The van der Waals surface area contributed by atoms with Crippen LogP contribution in [-0.2, 0) is 0 Å². The van der Waals surface area contributed by atoms with E-state index < -0.39 is 11.7 Å². The second-order valence-electron chi connectivity index (χ2n) is 6.24. The number of ether oxygens (including phenoxy) is 1. The lowest BCUT2D eigenvalue weighted by molar-refractivity contribution is 0.0997. The molecule has 1 N–H and O–H groups in total. The van der Waals surface area contributed by atoms with Crippen LogP contribution in [-0.4, -0.2) is 22.8 Å². The molecule has 0 unspecified atom stereocenters. The summed E-state index contributed by atoms with van der Waals surface area (Å²) < 4.78 is 29.3. The molecule has 0 aliphatic heterocycles. The number of nitrogens with one attached hydrogen (secondary N) is 1. The van der Waals surface area contributed by atoms with Crippen molar-refractivity contribution in [2.24, 2.45) is 0 Å². The number of hydrogen-bond acceptors (Lipinski definition) is 6. The van der Waals surface area contributed by atoms with E-state index in [0.717, 1.165) is 0 Å². The molecule has 7 nitrogen and oxygen atoms in total. The minimum absolute atomic E-state index is 0.0627. The maximum atomic E-state index is 13.5. The van der Waals surface area contributed by atoms with E-state index in [1.165, 1.54) is 18.2 Å². The Morgan fingerprint density at radius 1 is 1.24 bits per heavy atom. The maximum Gasteiger partial charge on any atom is 0.292 e. The summed E-state index contributed by atoms with van der Waals surface area (Å²) in [5.41, 5.74) is 1.98. The number of anilines is 1. The SMILES string of the molecule is C=CCOc1ccc(-c2nonc2NC(=O)c2oc3ccc(F)cc3c2C)cc1. The molecule has 4 rings (SSSR count). The van der Waals surface area contributed by atoms with Gasteiger partial charge in [0.2, 0.25) is 5.82 Å². The normalized spacial score (nSPS) is 10.8. The molecule has 0 spiro atoms. The number of carbonyl (C=O) groups excluding carboxylic acids is 1. The largest absolute Gasteiger partial charge is 0.490 e. The van der Waals surface area contributed by atoms with Crippen molar-refractivity contribution in [2.45, 2.75) is 6.92 Å². The lowest BCUT2D eigenvalue weighted by atomic mass is 10.1. The number of halogens is 1. The number of aromatic nitrogens is 2. The van der Waals surface area contributed by atoms with Crippen LogP contribution in [0, 0.1) is 12.7 Å². The Morgan fingerprint density at radius 3 is 2.79 bits per heavy atom.